The maximum Gasteiger partial charge on any atom is 0.141 e. The van der Waals surface area contributed by atoms with E-state index in [-0.39, 0.29) is 0 Å². The van der Waals surface area contributed by atoms with Gasteiger partial charge in [-0.05, 0) is 50.1 Å². The van der Waals surface area contributed by atoms with Crippen molar-refractivity contribution in [3.63, 3.8) is 0 Å². The van der Waals surface area contributed by atoms with Crippen LogP contribution in [0, 0.1) is 20.8 Å². The first-order valence-corrected chi connectivity index (χ1v) is 7.46. The molecule has 4 rings (SSSR count). The first-order valence-electron chi connectivity index (χ1n) is 7.46. The molecule has 0 saturated heterocycles. The smallest absolute Gasteiger partial charge is 0.141 e. The Bertz CT molecular complexity index is 993. The fraction of sp³-hybridized carbons (Fsp3) is 0.167. The zero-order valence-electron chi connectivity index (χ0n) is 13.2. The molecular weight excluding hydrogens is 288 g/mol. The van der Waals surface area contributed by atoms with Crippen molar-refractivity contribution < 1.29 is 4.52 Å². The molecule has 3 aromatic heterocycles. The van der Waals surface area contributed by atoms with Crippen molar-refractivity contribution in [2.75, 3.05) is 0 Å². The summed E-state index contributed by atoms with van der Waals surface area (Å²) < 4.78 is 5.32. The van der Waals surface area contributed by atoms with Crippen LogP contribution in [0.15, 0.2) is 41.4 Å². The average molecular weight is 304 g/mol. The highest BCUT2D eigenvalue weighted by Gasteiger charge is 2.16. The van der Waals surface area contributed by atoms with E-state index in [4.69, 9.17) is 4.52 Å². The van der Waals surface area contributed by atoms with Gasteiger partial charge < -0.3 is 9.51 Å². The number of nitrogens with zero attached hydrogens (tertiary/aromatic N) is 3. The number of benzene rings is 1. The summed E-state index contributed by atoms with van der Waals surface area (Å²) >= 11 is 0. The number of aryl methyl sites for hydroxylation is 3. The standard InChI is InChI=1S/C18H16N4O/c1-10-4-5-19-8-15(10)14-6-13(7-16-18(14)21-9-20-16)17-11(2)22-23-12(17)3/h4-9H,1-3H3,(H,20,21). The van der Waals surface area contributed by atoms with Crippen LogP contribution in [-0.2, 0) is 0 Å². The van der Waals surface area contributed by atoms with Crippen molar-refractivity contribution >= 4 is 11.0 Å². The summed E-state index contributed by atoms with van der Waals surface area (Å²) in [6.07, 6.45) is 5.41. The minimum absolute atomic E-state index is 0.815. The highest BCUT2D eigenvalue weighted by molar-refractivity contribution is 5.96. The summed E-state index contributed by atoms with van der Waals surface area (Å²) in [6.45, 7) is 5.97. The van der Waals surface area contributed by atoms with Gasteiger partial charge in [0.05, 0.1) is 23.1 Å². The van der Waals surface area contributed by atoms with Crippen LogP contribution >= 0.6 is 0 Å². The normalized spacial score (nSPS) is 11.3. The molecule has 5 nitrogen and oxygen atoms in total. The van der Waals surface area contributed by atoms with E-state index in [0.29, 0.717) is 0 Å². The molecule has 114 valence electrons. The Labute approximate surface area is 133 Å². The van der Waals surface area contributed by atoms with Gasteiger partial charge in [0, 0.05) is 29.1 Å². The molecule has 0 unspecified atom stereocenters. The number of pyridine rings is 1. The number of aromatic amines is 1. The lowest BCUT2D eigenvalue weighted by Gasteiger charge is -2.09. The number of hydrogen-bond acceptors (Lipinski definition) is 4. The molecule has 0 aliphatic carbocycles. The predicted octanol–water partition coefficient (Wildman–Crippen LogP) is 4.21. The molecule has 0 fully saturated rings. The van der Waals surface area contributed by atoms with Gasteiger partial charge >= 0.3 is 0 Å². The van der Waals surface area contributed by atoms with Gasteiger partial charge in [0.1, 0.15) is 5.76 Å². The first kappa shape index (κ1) is 13.7. The summed E-state index contributed by atoms with van der Waals surface area (Å²) in [5.41, 5.74) is 8.22. The average Bonchev–Trinajstić information content (AvgIpc) is 3.13. The Kier molecular flexibility index (Phi) is 3.01. The van der Waals surface area contributed by atoms with Gasteiger partial charge in [0.15, 0.2) is 0 Å². The van der Waals surface area contributed by atoms with Crippen LogP contribution < -0.4 is 0 Å². The Hall–Kier alpha value is -2.95. The lowest BCUT2D eigenvalue weighted by atomic mass is 9.95. The molecular formula is C18H16N4O. The SMILES string of the molecule is Cc1ccncc1-c1cc(-c2c(C)noc2C)cc2[nH]cnc12. The van der Waals surface area contributed by atoms with Gasteiger partial charge in [-0.25, -0.2) is 4.98 Å². The van der Waals surface area contributed by atoms with Gasteiger partial charge in [0.2, 0.25) is 0 Å². The number of aromatic nitrogens is 4. The first-order chi connectivity index (χ1) is 11.1. The van der Waals surface area contributed by atoms with Gasteiger partial charge in [0.25, 0.3) is 0 Å². The van der Waals surface area contributed by atoms with Crippen LogP contribution in [0.2, 0.25) is 0 Å². The Morgan fingerprint density at radius 3 is 2.70 bits per heavy atom. The van der Waals surface area contributed by atoms with E-state index in [1.54, 1.807) is 12.5 Å². The zero-order chi connectivity index (χ0) is 16.0. The summed E-state index contributed by atoms with van der Waals surface area (Å²) in [5.74, 6) is 0.815. The lowest BCUT2D eigenvalue weighted by Crippen LogP contribution is -1.90. The number of fused-ring (bicyclic) bond motifs is 1. The highest BCUT2D eigenvalue weighted by atomic mass is 16.5. The topological polar surface area (TPSA) is 67.6 Å². The Morgan fingerprint density at radius 2 is 1.96 bits per heavy atom. The monoisotopic (exact) mass is 304 g/mol. The minimum Gasteiger partial charge on any atom is -0.361 e. The number of nitrogens with one attached hydrogen (secondary N) is 1. The molecule has 0 atom stereocenters. The van der Waals surface area contributed by atoms with E-state index < -0.39 is 0 Å². The molecule has 0 saturated carbocycles. The molecule has 0 aliphatic rings. The van der Waals surface area contributed by atoms with Crippen molar-refractivity contribution in [2.45, 2.75) is 20.8 Å². The van der Waals surface area contributed by atoms with Gasteiger partial charge in [-0.1, -0.05) is 5.16 Å². The third kappa shape index (κ3) is 2.12. The molecule has 5 heteroatoms. The predicted molar refractivity (Wildman–Crippen MR) is 89.0 cm³/mol. The maximum absolute atomic E-state index is 5.32. The van der Waals surface area contributed by atoms with Crippen LogP contribution in [0.3, 0.4) is 0 Å². The molecule has 23 heavy (non-hydrogen) atoms. The fourth-order valence-electron chi connectivity index (χ4n) is 3.04. The van der Waals surface area contributed by atoms with E-state index in [1.165, 1.54) is 5.56 Å². The van der Waals surface area contributed by atoms with Crippen LogP contribution in [0.25, 0.3) is 33.3 Å². The summed E-state index contributed by atoms with van der Waals surface area (Å²) in [5, 5.41) is 4.07. The van der Waals surface area contributed by atoms with Crippen molar-refractivity contribution in [1.29, 1.82) is 0 Å². The second-order valence-electron chi connectivity index (χ2n) is 5.71. The minimum atomic E-state index is 0.815. The zero-order valence-corrected chi connectivity index (χ0v) is 13.2. The molecule has 3 heterocycles. The molecule has 0 aliphatic heterocycles. The van der Waals surface area contributed by atoms with Gasteiger partial charge in [-0.3, -0.25) is 4.98 Å². The summed E-state index contributed by atoms with van der Waals surface area (Å²) in [4.78, 5) is 12.0. The molecule has 0 spiro atoms. The summed E-state index contributed by atoms with van der Waals surface area (Å²) in [6, 6.07) is 6.24. The molecule has 1 aromatic carbocycles. The van der Waals surface area contributed by atoms with E-state index >= 15 is 0 Å². The largest absolute Gasteiger partial charge is 0.361 e. The van der Waals surface area contributed by atoms with E-state index in [9.17, 15) is 0 Å². The van der Waals surface area contributed by atoms with Gasteiger partial charge in [-0.2, -0.15) is 0 Å². The number of imidazole rings is 1. The highest BCUT2D eigenvalue weighted by Crippen LogP contribution is 2.35. The van der Waals surface area contributed by atoms with Crippen molar-refractivity contribution in [2.24, 2.45) is 0 Å². The second-order valence-corrected chi connectivity index (χ2v) is 5.71. The second kappa shape index (κ2) is 5.05. The molecule has 1 N–H and O–H groups in total. The van der Waals surface area contributed by atoms with Crippen LogP contribution in [0.5, 0.6) is 0 Å². The van der Waals surface area contributed by atoms with Crippen LogP contribution in [0.4, 0.5) is 0 Å². The maximum atomic E-state index is 5.32. The van der Waals surface area contributed by atoms with E-state index in [2.05, 4.69) is 39.2 Å². The van der Waals surface area contributed by atoms with Crippen LogP contribution in [-0.4, -0.2) is 20.1 Å². The van der Waals surface area contributed by atoms with Gasteiger partial charge in [-0.15, -0.1) is 0 Å². The molecule has 0 amide bonds. The Morgan fingerprint density at radius 1 is 1.09 bits per heavy atom. The summed E-state index contributed by atoms with van der Waals surface area (Å²) in [7, 11) is 0. The lowest BCUT2D eigenvalue weighted by molar-refractivity contribution is 0.393. The van der Waals surface area contributed by atoms with Crippen LogP contribution in [0.1, 0.15) is 17.0 Å². The number of rotatable bonds is 2. The third-order valence-corrected chi connectivity index (χ3v) is 4.17. The molecule has 0 bridgehead atoms. The molecule has 0 radical (unpaired) electrons. The number of H-pyrrole nitrogens is 1. The van der Waals surface area contributed by atoms with E-state index in [1.807, 2.05) is 26.1 Å². The third-order valence-electron chi connectivity index (χ3n) is 4.17. The quantitative estimate of drug-likeness (QED) is 0.602. The van der Waals surface area contributed by atoms with Crippen molar-refractivity contribution in [3.05, 3.63) is 53.9 Å². The van der Waals surface area contributed by atoms with Crippen molar-refractivity contribution in [3.8, 4) is 22.3 Å². The number of hydrogen-bond donors (Lipinski definition) is 1. The Balaban J connectivity index is 2.05. The van der Waals surface area contributed by atoms with E-state index in [0.717, 1.165) is 44.7 Å². The molecule has 4 aromatic rings. The fourth-order valence-corrected chi connectivity index (χ4v) is 3.04. The van der Waals surface area contributed by atoms with Crippen molar-refractivity contribution in [1.82, 2.24) is 20.1 Å².